The molecule has 0 saturated heterocycles. The lowest BCUT2D eigenvalue weighted by molar-refractivity contribution is -0.178. The lowest BCUT2D eigenvalue weighted by Gasteiger charge is -2.59. The van der Waals surface area contributed by atoms with Crippen LogP contribution in [0.25, 0.3) is 0 Å². The Morgan fingerprint density at radius 2 is 2.00 bits per heavy atom. The van der Waals surface area contributed by atoms with Crippen molar-refractivity contribution < 1.29 is 19.1 Å². The molecule has 1 saturated carbocycles. The Balaban J connectivity index is 2.14. The van der Waals surface area contributed by atoms with Crippen LogP contribution in [0.1, 0.15) is 60.7 Å². The van der Waals surface area contributed by atoms with E-state index in [1.165, 1.54) is 0 Å². The summed E-state index contributed by atoms with van der Waals surface area (Å²) in [5.41, 5.74) is -2.39. The third-order valence-electron chi connectivity index (χ3n) is 5.64. The minimum atomic E-state index is -1.12. The number of aromatic amines is 1. The molecule has 1 aliphatic rings. The Labute approximate surface area is 183 Å². The average Bonchev–Trinajstić information content (AvgIpc) is 2.98. The van der Waals surface area contributed by atoms with Crippen molar-refractivity contribution in [3.8, 4) is 0 Å². The molecule has 0 aromatic carbocycles. The molecule has 30 heavy (non-hydrogen) atoms. The van der Waals surface area contributed by atoms with Gasteiger partial charge in [-0.25, -0.2) is 4.79 Å². The van der Waals surface area contributed by atoms with Crippen molar-refractivity contribution in [1.82, 2.24) is 25.4 Å². The Morgan fingerprint density at radius 1 is 1.33 bits per heavy atom. The Hall–Kier alpha value is -1.94. The molecule has 2 atom stereocenters. The summed E-state index contributed by atoms with van der Waals surface area (Å²) in [6.07, 6.45) is 0.349. The van der Waals surface area contributed by atoms with Crippen molar-refractivity contribution in [1.29, 1.82) is 0 Å². The van der Waals surface area contributed by atoms with Crippen LogP contribution in [0.2, 0.25) is 0 Å². The predicted octanol–water partition coefficient (Wildman–Crippen LogP) is 2.72. The summed E-state index contributed by atoms with van der Waals surface area (Å²) in [4.78, 5) is 25.8. The summed E-state index contributed by atoms with van der Waals surface area (Å²) in [7, 11) is 0. The van der Waals surface area contributed by atoms with Gasteiger partial charge < -0.3 is 24.7 Å². The fourth-order valence-electron chi connectivity index (χ4n) is 3.82. The van der Waals surface area contributed by atoms with E-state index in [9.17, 15) is 9.59 Å². The molecule has 2 rings (SSSR count). The maximum absolute atomic E-state index is 13.3. The number of alkyl carbamates (subject to hydrolysis) is 1. The van der Waals surface area contributed by atoms with Crippen LogP contribution >= 0.6 is 12.2 Å². The van der Waals surface area contributed by atoms with Crippen molar-refractivity contribution in [2.75, 3.05) is 13.2 Å². The SMILES string of the molecule is CCO[C@@H]1C[C@](NC(=O)OC(C)(C)C)(C(=O)NCCn2c(CC)n[nH]c2=S)C1(C)C. The first-order chi connectivity index (χ1) is 13.9. The van der Waals surface area contributed by atoms with Crippen molar-refractivity contribution in [3.05, 3.63) is 10.6 Å². The highest BCUT2D eigenvalue weighted by Gasteiger charge is 2.66. The Morgan fingerprint density at radius 3 is 2.53 bits per heavy atom. The molecule has 0 spiro atoms. The van der Waals surface area contributed by atoms with Crippen LogP contribution < -0.4 is 10.6 Å². The fourth-order valence-corrected chi connectivity index (χ4v) is 4.07. The predicted molar refractivity (Wildman–Crippen MR) is 116 cm³/mol. The molecule has 0 unspecified atom stereocenters. The van der Waals surface area contributed by atoms with Crippen LogP contribution in [-0.2, 0) is 27.2 Å². The van der Waals surface area contributed by atoms with Gasteiger partial charge in [0, 0.05) is 38.0 Å². The molecule has 1 aromatic heterocycles. The lowest BCUT2D eigenvalue weighted by Crippen LogP contribution is -2.78. The van der Waals surface area contributed by atoms with Crippen LogP contribution in [0, 0.1) is 10.2 Å². The van der Waals surface area contributed by atoms with E-state index < -0.39 is 22.6 Å². The third kappa shape index (κ3) is 4.85. The van der Waals surface area contributed by atoms with Gasteiger partial charge in [0.15, 0.2) is 4.77 Å². The molecule has 2 amide bonds. The standard InChI is InChI=1S/C20H35N5O4S/c1-8-14-23-24-16(30)25(14)11-10-21-15(26)20(22-17(27)29-18(3,4)5)12-13(28-9-2)19(20,6)7/h13H,8-12H2,1-7H3,(H,21,26)(H,22,27)(H,24,30)/t13-,20+/m1/s1. The summed E-state index contributed by atoms with van der Waals surface area (Å²) >= 11 is 5.26. The first-order valence-electron chi connectivity index (χ1n) is 10.4. The minimum Gasteiger partial charge on any atom is -0.444 e. The van der Waals surface area contributed by atoms with Crippen LogP contribution in [-0.4, -0.2) is 57.2 Å². The number of amides is 2. The molecule has 1 aromatic rings. The summed E-state index contributed by atoms with van der Waals surface area (Å²) in [6.45, 7) is 14.5. The van der Waals surface area contributed by atoms with E-state index in [-0.39, 0.29) is 12.0 Å². The van der Waals surface area contributed by atoms with Gasteiger partial charge in [-0.2, -0.15) is 5.10 Å². The smallest absolute Gasteiger partial charge is 0.408 e. The summed E-state index contributed by atoms with van der Waals surface area (Å²) < 4.78 is 13.6. The fraction of sp³-hybridized carbons (Fsp3) is 0.800. The first kappa shape index (κ1) is 24.3. The van der Waals surface area contributed by atoms with E-state index in [1.807, 2.05) is 32.3 Å². The van der Waals surface area contributed by atoms with E-state index >= 15 is 0 Å². The van der Waals surface area contributed by atoms with E-state index in [1.54, 1.807) is 20.8 Å². The number of hydrogen-bond acceptors (Lipinski definition) is 6. The molecule has 170 valence electrons. The van der Waals surface area contributed by atoms with Crippen LogP contribution in [0.5, 0.6) is 0 Å². The number of rotatable bonds is 8. The molecule has 0 bridgehead atoms. The van der Waals surface area contributed by atoms with Gasteiger partial charge in [-0.05, 0) is 39.9 Å². The van der Waals surface area contributed by atoms with Crippen molar-refractivity contribution >= 4 is 24.2 Å². The molecule has 0 radical (unpaired) electrons. The maximum atomic E-state index is 13.3. The Bertz CT molecular complexity index is 826. The van der Waals surface area contributed by atoms with Crippen LogP contribution in [0.3, 0.4) is 0 Å². The van der Waals surface area contributed by atoms with Crippen LogP contribution in [0.4, 0.5) is 4.79 Å². The molecule has 1 heterocycles. The molecule has 10 heteroatoms. The molecular weight excluding hydrogens is 406 g/mol. The number of nitrogens with zero attached hydrogens (tertiary/aromatic N) is 2. The third-order valence-corrected chi connectivity index (χ3v) is 5.95. The summed E-state index contributed by atoms with van der Waals surface area (Å²) in [6, 6.07) is 0. The zero-order chi connectivity index (χ0) is 22.7. The van der Waals surface area contributed by atoms with Gasteiger partial charge in [-0.1, -0.05) is 20.8 Å². The van der Waals surface area contributed by atoms with E-state index in [2.05, 4.69) is 20.8 Å². The zero-order valence-electron chi connectivity index (χ0n) is 19.0. The number of carbonyl (C=O) groups excluding carboxylic acids is 2. The van der Waals surface area contributed by atoms with E-state index in [4.69, 9.17) is 21.7 Å². The quantitative estimate of drug-likeness (QED) is 0.535. The lowest BCUT2D eigenvalue weighted by atomic mass is 9.53. The molecule has 1 aliphatic carbocycles. The highest BCUT2D eigenvalue weighted by atomic mass is 32.1. The number of ether oxygens (including phenoxy) is 2. The monoisotopic (exact) mass is 441 g/mol. The van der Waals surface area contributed by atoms with Gasteiger partial charge in [0.25, 0.3) is 0 Å². The van der Waals surface area contributed by atoms with Crippen LogP contribution in [0.15, 0.2) is 0 Å². The van der Waals surface area contributed by atoms with Gasteiger partial charge >= 0.3 is 6.09 Å². The average molecular weight is 442 g/mol. The van der Waals surface area contributed by atoms with Gasteiger partial charge in [-0.15, -0.1) is 0 Å². The molecule has 0 aliphatic heterocycles. The second-order valence-corrected chi connectivity index (χ2v) is 9.49. The van der Waals surface area contributed by atoms with Crippen molar-refractivity contribution in [3.63, 3.8) is 0 Å². The highest BCUT2D eigenvalue weighted by Crippen LogP contribution is 2.51. The molecule has 3 N–H and O–H groups in total. The number of hydrogen-bond donors (Lipinski definition) is 3. The highest BCUT2D eigenvalue weighted by molar-refractivity contribution is 7.71. The summed E-state index contributed by atoms with van der Waals surface area (Å²) in [5, 5.41) is 12.7. The second-order valence-electron chi connectivity index (χ2n) is 9.11. The van der Waals surface area contributed by atoms with E-state index in [0.717, 1.165) is 12.2 Å². The Kier molecular flexibility index (Phi) is 7.34. The second kappa shape index (κ2) is 9.05. The van der Waals surface area contributed by atoms with Crippen molar-refractivity contribution in [2.24, 2.45) is 5.41 Å². The normalized spacial score (nSPS) is 22.8. The van der Waals surface area contributed by atoms with E-state index in [0.29, 0.717) is 30.9 Å². The number of aryl methyl sites for hydroxylation is 1. The number of H-pyrrole nitrogens is 1. The topological polar surface area (TPSA) is 110 Å². The number of aromatic nitrogens is 3. The molecule has 1 fully saturated rings. The molecular formula is C20H35N5O4S. The van der Waals surface area contributed by atoms with Crippen molar-refractivity contribution in [2.45, 2.75) is 85.1 Å². The largest absolute Gasteiger partial charge is 0.444 e. The zero-order valence-corrected chi connectivity index (χ0v) is 19.9. The number of nitrogens with one attached hydrogen (secondary N) is 3. The van der Waals surface area contributed by atoms with Gasteiger partial charge in [0.2, 0.25) is 5.91 Å². The summed E-state index contributed by atoms with van der Waals surface area (Å²) in [5.74, 6) is 0.568. The van der Waals surface area contributed by atoms with Gasteiger partial charge in [-0.3, -0.25) is 9.89 Å². The molecule has 9 nitrogen and oxygen atoms in total. The van der Waals surface area contributed by atoms with Gasteiger partial charge in [0.1, 0.15) is 17.0 Å². The maximum Gasteiger partial charge on any atom is 0.408 e. The van der Waals surface area contributed by atoms with Gasteiger partial charge in [0.05, 0.1) is 6.10 Å². The number of carbonyl (C=O) groups is 2. The first-order valence-corrected chi connectivity index (χ1v) is 10.8. The minimum absolute atomic E-state index is 0.141.